The molecule has 0 saturated carbocycles. The summed E-state index contributed by atoms with van der Waals surface area (Å²) in [5.41, 5.74) is 1.44. The molecule has 1 heterocycles. The van der Waals surface area contributed by atoms with Crippen LogP contribution in [0.1, 0.15) is 17.3 Å². The Bertz CT molecular complexity index is 591. The van der Waals surface area contributed by atoms with Gasteiger partial charge in [-0.3, -0.25) is 9.48 Å². The zero-order chi connectivity index (χ0) is 14.7. The first-order chi connectivity index (χ1) is 9.52. The number of aryl methyl sites for hydroxylation is 1. The number of likely N-dealkylation sites (N-methyl/N-ethyl adjacent to an activating group) is 1. The van der Waals surface area contributed by atoms with Gasteiger partial charge in [0.15, 0.2) is 5.82 Å². The van der Waals surface area contributed by atoms with E-state index in [0.717, 1.165) is 5.56 Å². The summed E-state index contributed by atoms with van der Waals surface area (Å²) in [6.45, 7) is 1.74. The Kier molecular flexibility index (Phi) is 4.14. The molecule has 1 aromatic heterocycles. The molecule has 6 nitrogen and oxygen atoms in total. The average Bonchev–Trinajstić information content (AvgIpc) is 2.91. The predicted molar refractivity (Wildman–Crippen MR) is 75.1 cm³/mol. The average molecular weight is 274 g/mol. The van der Waals surface area contributed by atoms with Gasteiger partial charge < -0.3 is 10.0 Å². The number of aromatic nitrogens is 3. The molecule has 2 rings (SSSR count). The number of hydrogen-bond donors (Lipinski definition) is 1. The number of amides is 1. The number of aliphatic hydroxyl groups is 1. The highest BCUT2D eigenvalue weighted by Gasteiger charge is 2.16. The van der Waals surface area contributed by atoms with Gasteiger partial charge in [-0.05, 0) is 19.1 Å². The minimum atomic E-state index is -0.209. The van der Waals surface area contributed by atoms with Crippen molar-refractivity contribution >= 4 is 5.91 Å². The standard InChI is InChI=1S/C14H18N4O2/c1-10(8-19)18(3)14(20)12-6-4-11(5-7-12)13-15-9-17(2)16-13/h4-7,9-10,19H,8H2,1-3H3. The highest BCUT2D eigenvalue weighted by atomic mass is 16.3. The van der Waals surface area contributed by atoms with Crippen LogP contribution in [0.2, 0.25) is 0 Å². The summed E-state index contributed by atoms with van der Waals surface area (Å²) in [7, 11) is 3.48. The second-order valence-corrected chi connectivity index (χ2v) is 4.77. The Morgan fingerprint density at radius 2 is 2.05 bits per heavy atom. The second-order valence-electron chi connectivity index (χ2n) is 4.77. The van der Waals surface area contributed by atoms with Gasteiger partial charge in [-0.2, -0.15) is 5.10 Å². The van der Waals surface area contributed by atoms with Gasteiger partial charge in [0.05, 0.1) is 12.6 Å². The molecule has 1 atom stereocenters. The SMILES string of the molecule is CC(CO)N(C)C(=O)c1ccc(-c2ncn(C)n2)cc1. The zero-order valence-corrected chi connectivity index (χ0v) is 11.8. The van der Waals surface area contributed by atoms with Crippen LogP contribution in [0.3, 0.4) is 0 Å². The maximum absolute atomic E-state index is 12.2. The molecule has 2 aromatic rings. The Morgan fingerprint density at radius 3 is 2.55 bits per heavy atom. The van der Waals surface area contributed by atoms with Crippen molar-refractivity contribution in [1.82, 2.24) is 19.7 Å². The van der Waals surface area contributed by atoms with Crippen molar-refractivity contribution in [2.24, 2.45) is 7.05 Å². The highest BCUT2D eigenvalue weighted by molar-refractivity contribution is 5.94. The number of carbonyl (C=O) groups is 1. The maximum atomic E-state index is 12.2. The molecule has 0 spiro atoms. The first-order valence-electron chi connectivity index (χ1n) is 6.37. The van der Waals surface area contributed by atoms with Crippen LogP contribution < -0.4 is 0 Å². The molecule has 0 fully saturated rings. The Morgan fingerprint density at radius 1 is 1.40 bits per heavy atom. The molecule has 20 heavy (non-hydrogen) atoms. The van der Waals surface area contributed by atoms with E-state index in [1.807, 2.05) is 12.1 Å². The summed E-state index contributed by atoms with van der Waals surface area (Å²) in [5.74, 6) is 0.510. The Hall–Kier alpha value is -2.21. The fraction of sp³-hybridized carbons (Fsp3) is 0.357. The van der Waals surface area contributed by atoms with Crippen LogP contribution in [-0.4, -0.2) is 50.4 Å². The summed E-state index contributed by atoms with van der Waals surface area (Å²) in [6, 6.07) is 6.92. The molecular formula is C14H18N4O2. The molecule has 1 unspecified atom stereocenters. The third-order valence-corrected chi connectivity index (χ3v) is 3.24. The molecule has 0 bridgehead atoms. The van der Waals surface area contributed by atoms with E-state index >= 15 is 0 Å². The molecule has 0 radical (unpaired) electrons. The van der Waals surface area contributed by atoms with Crippen LogP contribution >= 0.6 is 0 Å². The fourth-order valence-corrected chi connectivity index (χ4v) is 1.76. The van der Waals surface area contributed by atoms with Gasteiger partial charge >= 0.3 is 0 Å². The zero-order valence-electron chi connectivity index (χ0n) is 11.8. The van der Waals surface area contributed by atoms with Gasteiger partial charge in [0.2, 0.25) is 0 Å². The van der Waals surface area contributed by atoms with Gasteiger partial charge in [-0.15, -0.1) is 0 Å². The lowest BCUT2D eigenvalue weighted by Gasteiger charge is -2.23. The predicted octanol–water partition coefficient (Wildman–Crippen LogP) is 0.935. The minimum absolute atomic E-state index is 0.0574. The molecule has 1 amide bonds. The van der Waals surface area contributed by atoms with E-state index in [1.54, 1.807) is 44.2 Å². The lowest BCUT2D eigenvalue weighted by molar-refractivity contribution is 0.0682. The number of aliphatic hydroxyl groups excluding tert-OH is 1. The summed E-state index contributed by atoms with van der Waals surface area (Å²) in [6.07, 6.45) is 1.63. The van der Waals surface area contributed by atoms with Crippen molar-refractivity contribution in [3.05, 3.63) is 36.2 Å². The van der Waals surface area contributed by atoms with Gasteiger partial charge in [0.25, 0.3) is 5.91 Å². The van der Waals surface area contributed by atoms with E-state index in [9.17, 15) is 4.79 Å². The topological polar surface area (TPSA) is 71.2 Å². The summed E-state index contributed by atoms with van der Waals surface area (Å²) in [4.78, 5) is 17.9. The van der Waals surface area contributed by atoms with Gasteiger partial charge in [0.1, 0.15) is 6.33 Å². The molecule has 0 aliphatic rings. The third kappa shape index (κ3) is 2.85. The molecular weight excluding hydrogens is 256 g/mol. The molecule has 6 heteroatoms. The first-order valence-corrected chi connectivity index (χ1v) is 6.37. The number of nitrogens with zero attached hydrogens (tertiary/aromatic N) is 4. The van der Waals surface area contributed by atoms with E-state index in [1.165, 1.54) is 4.90 Å². The van der Waals surface area contributed by atoms with E-state index in [-0.39, 0.29) is 18.6 Å². The third-order valence-electron chi connectivity index (χ3n) is 3.24. The van der Waals surface area contributed by atoms with Crippen molar-refractivity contribution in [2.75, 3.05) is 13.7 Å². The minimum Gasteiger partial charge on any atom is -0.394 e. The summed E-state index contributed by atoms with van der Waals surface area (Å²) >= 11 is 0. The normalized spacial score (nSPS) is 12.2. The smallest absolute Gasteiger partial charge is 0.253 e. The van der Waals surface area contributed by atoms with Crippen LogP contribution in [0.5, 0.6) is 0 Å². The van der Waals surface area contributed by atoms with E-state index in [4.69, 9.17) is 5.11 Å². The van der Waals surface area contributed by atoms with E-state index in [0.29, 0.717) is 11.4 Å². The van der Waals surface area contributed by atoms with Crippen LogP contribution in [0, 0.1) is 0 Å². The van der Waals surface area contributed by atoms with Crippen molar-refractivity contribution in [3.8, 4) is 11.4 Å². The molecule has 0 aliphatic heterocycles. The number of carbonyl (C=O) groups excluding carboxylic acids is 1. The molecule has 106 valence electrons. The van der Waals surface area contributed by atoms with Crippen molar-refractivity contribution in [3.63, 3.8) is 0 Å². The first kappa shape index (κ1) is 14.2. The van der Waals surface area contributed by atoms with Crippen molar-refractivity contribution < 1.29 is 9.90 Å². The maximum Gasteiger partial charge on any atom is 0.253 e. The van der Waals surface area contributed by atoms with Crippen LogP contribution in [0.15, 0.2) is 30.6 Å². The number of hydrogen-bond acceptors (Lipinski definition) is 4. The molecule has 0 saturated heterocycles. The monoisotopic (exact) mass is 274 g/mol. The quantitative estimate of drug-likeness (QED) is 0.900. The van der Waals surface area contributed by atoms with Crippen LogP contribution in [0.25, 0.3) is 11.4 Å². The second kappa shape index (κ2) is 5.83. The van der Waals surface area contributed by atoms with Crippen LogP contribution in [-0.2, 0) is 7.05 Å². The molecule has 1 aromatic carbocycles. The van der Waals surface area contributed by atoms with Gasteiger partial charge in [-0.25, -0.2) is 4.98 Å². The molecule has 0 aliphatic carbocycles. The van der Waals surface area contributed by atoms with Crippen LogP contribution in [0.4, 0.5) is 0 Å². The fourth-order valence-electron chi connectivity index (χ4n) is 1.76. The van der Waals surface area contributed by atoms with Gasteiger partial charge in [0, 0.05) is 25.2 Å². The van der Waals surface area contributed by atoms with E-state index in [2.05, 4.69) is 10.1 Å². The van der Waals surface area contributed by atoms with Crippen molar-refractivity contribution in [1.29, 1.82) is 0 Å². The molecule has 1 N–H and O–H groups in total. The van der Waals surface area contributed by atoms with Crippen molar-refractivity contribution in [2.45, 2.75) is 13.0 Å². The highest BCUT2D eigenvalue weighted by Crippen LogP contribution is 2.16. The summed E-state index contributed by atoms with van der Waals surface area (Å²) < 4.78 is 1.63. The Labute approximate surface area is 117 Å². The lowest BCUT2D eigenvalue weighted by atomic mass is 10.1. The lowest BCUT2D eigenvalue weighted by Crippen LogP contribution is -2.37. The number of benzene rings is 1. The number of rotatable bonds is 4. The van der Waals surface area contributed by atoms with Gasteiger partial charge in [-0.1, -0.05) is 12.1 Å². The van der Waals surface area contributed by atoms with E-state index < -0.39 is 0 Å². The Balaban J connectivity index is 2.18. The summed E-state index contributed by atoms with van der Waals surface area (Å²) in [5, 5.41) is 13.3. The largest absolute Gasteiger partial charge is 0.394 e.